The highest BCUT2D eigenvalue weighted by molar-refractivity contribution is 9.12. The van der Waals surface area contributed by atoms with E-state index in [9.17, 15) is 9.90 Å². The summed E-state index contributed by atoms with van der Waals surface area (Å²) in [6.07, 6.45) is 2.06. The number of alkyl halides is 1. The van der Waals surface area contributed by atoms with Gasteiger partial charge in [0.2, 0.25) is 0 Å². The van der Waals surface area contributed by atoms with Gasteiger partial charge in [-0.3, -0.25) is 4.79 Å². The number of aliphatic hydroxyl groups excluding tert-OH is 1. The quantitative estimate of drug-likeness (QED) is 0.324. The van der Waals surface area contributed by atoms with Gasteiger partial charge in [-0.1, -0.05) is 31.9 Å². The van der Waals surface area contributed by atoms with Crippen LogP contribution >= 0.6 is 47.8 Å². The summed E-state index contributed by atoms with van der Waals surface area (Å²) in [4.78, 5) is 11.7. The van der Waals surface area contributed by atoms with Crippen LogP contribution in [0, 0.1) is 0 Å². The first-order valence-electron chi connectivity index (χ1n) is 7.12. The smallest absolute Gasteiger partial charge is 0.277 e. The van der Waals surface area contributed by atoms with Crippen molar-refractivity contribution in [1.82, 2.24) is 5.43 Å². The van der Waals surface area contributed by atoms with E-state index in [1.165, 1.54) is 6.21 Å². The number of amides is 1. The molecule has 0 saturated carbocycles. The van der Waals surface area contributed by atoms with Crippen molar-refractivity contribution in [2.24, 2.45) is 5.10 Å². The molecule has 0 heterocycles. The number of nitrogens with zero attached hydrogens (tertiary/aromatic N) is 1. The maximum absolute atomic E-state index is 11.8. The number of ether oxygens (including phenoxy) is 2. The average Bonchev–Trinajstić information content (AvgIpc) is 2.61. The van der Waals surface area contributed by atoms with Crippen LogP contribution in [0.5, 0.6) is 11.5 Å². The first kappa shape index (κ1) is 20.0. The van der Waals surface area contributed by atoms with E-state index in [4.69, 9.17) is 9.47 Å². The van der Waals surface area contributed by atoms with Gasteiger partial charge in [0.1, 0.15) is 17.3 Å². The van der Waals surface area contributed by atoms with Crippen molar-refractivity contribution in [3.05, 3.63) is 44.6 Å². The summed E-state index contributed by atoms with van der Waals surface area (Å²) in [6.45, 7) is -0.168. The molecule has 1 amide bonds. The van der Waals surface area contributed by atoms with Crippen molar-refractivity contribution in [3.63, 3.8) is 0 Å². The molecule has 1 unspecified atom stereocenters. The summed E-state index contributed by atoms with van der Waals surface area (Å²) in [5.74, 6) is 0.983. The minimum Gasteiger partial charge on any atom is -0.506 e. The third kappa shape index (κ3) is 5.58. The van der Waals surface area contributed by atoms with Gasteiger partial charge >= 0.3 is 0 Å². The molecule has 6 nitrogen and oxygen atoms in total. The zero-order chi connectivity index (χ0) is 18.4. The van der Waals surface area contributed by atoms with E-state index in [0.29, 0.717) is 26.9 Å². The van der Waals surface area contributed by atoms with Gasteiger partial charge in [0.15, 0.2) is 6.61 Å². The van der Waals surface area contributed by atoms with E-state index in [2.05, 4.69) is 58.3 Å². The Kier molecular flexibility index (Phi) is 7.52. The van der Waals surface area contributed by atoms with Crippen LogP contribution in [-0.4, -0.2) is 35.8 Å². The van der Waals surface area contributed by atoms with Crippen LogP contribution in [-0.2, 0) is 4.79 Å². The Morgan fingerprint density at radius 1 is 1.36 bits per heavy atom. The molecule has 2 N–H and O–H groups in total. The molecule has 2 rings (SSSR count). The normalized spacial score (nSPS) is 17.8. The molecule has 134 valence electrons. The second-order valence-corrected chi connectivity index (χ2v) is 7.81. The lowest BCUT2D eigenvalue weighted by molar-refractivity contribution is -0.123. The number of aliphatic hydroxyl groups is 1. The van der Waals surface area contributed by atoms with Crippen molar-refractivity contribution in [1.29, 1.82) is 0 Å². The number of nitrogens with one attached hydrogen (secondary N) is 1. The molecular weight excluding hydrogens is 524 g/mol. The molecule has 0 aliphatic heterocycles. The van der Waals surface area contributed by atoms with Gasteiger partial charge < -0.3 is 14.6 Å². The van der Waals surface area contributed by atoms with Crippen LogP contribution < -0.4 is 14.9 Å². The number of benzene rings is 1. The largest absolute Gasteiger partial charge is 0.506 e. The Morgan fingerprint density at radius 3 is 2.64 bits per heavy atom. The fourth-order valence-corrected chi connectivity index (χ4v) is 4.74. The maximum Gasteiger partial charge on any atom is 0.277 e. The first-order valence-corrected chi connectivity index (χ1v) is 9.63. The lowest BCUT2D eigenvalue weighted by atomic mass is 10.1. The number of hydrogen-bond acceptors (Lipinski definition) is 5. The second kappa shape index (κ2) is 9.40. The molecule has 1 aromatic carbocycles. The van der Waals surface area contributed by atoms with E-state index in [1.807, 2.05) is 0 Å². The van der Waals surface area contributed by atoms with Crippen LogP contribution in [0.2, 0.25) is 0 Å². The van der Waals surface area contributed by atoms with Gasteiger partial charge in [0, 0.05) is 14.9 Å². The Labute approximate surface area is 170 Å². The van der Waals surface area contributed by atoms with Crippen molar-refractivity contribution in [2.45, 2.75) is 11.2 Å². The average molecular weight is 539 g/mol. The Bertz CT molecular complexity index is 729. The molecule has 0 aromatic heterocycles. The second-order valence-electron chi connectivity index (χ2n) is 4.95. The standard InChI is InChI=1S/C16H15Br3N2O4/c1-24-9-2-4-10(5-3-9)25-8-14(22)21-20-7-11-12(17)6-13(18)16(23)15(11)19/h2-5,7,12,23H,6,8H2,1H3,(H,21,22)/b20-7+. The van der Waals surface area contributed by atoms with E-state index >= 15 is 0 Å². The number of carbonyl (C=O) groups excluding carboxylic acids is 1. The molecule has 0 bridgehead atoms. The van der Waals surface area contributed by atoms with Gasteiger partial charge in [0.05, 0.1) is 17.8 Å². The van der Waals surface area contributed by atoms with Crippen LogP contribution in [0.25, 0.3) is 0 Å². The van der Waals surface area contributed by atoms with Crippen LogP contribution in [0.4, 0.5) is 0 Å². The summed E-state index contributed by atoms with van der Waals surface area (Å²) in [5, 5.41) is 13.8. The monoisotopic (exact) mass is 536 g/mol. The summed E-state index contributed by atoms with van der Waals surface area (Å²) in [6, 6.07) is 6.91. The zero-order valence-electron chi connectivity index (χ0n) is 13.1. The van der Waals surface area contributed by atoms with Gasteiger partial charge in [-0.2, -0.15) is 5.10 Å². The molecule has 9 heteroatoms. The topological polar surface area (TPSA) is 80.2 Å². The van der Waals surface area contributed by atoms with Gasteiger partial charge in [-0.05, 0) is 46.6 Å². The fourth-order valence-electron chi connectivity index (χ4n) is 1.92. The molecule has 1 aromatic rings. The minimum atomic E-state index is -0.397. The minimum absolute atomic E-state index is 0.0386. The van der Waals surface area contributed by atoms with Gasteiger partial charge in [0.25, 0.3) is 5.91 Å². The molecule has 0 fully saturated rings. The molecule has 0 spiro atoms. The maximum atomic E-state index is 11.8. The van der Waals surface area contributed by atoms with Crippen molar-refractivity contribution in [3.8, 4) is 11.5 Å². The number of carbonyl (C=O) groups is 1. The highest BCUT2D eigenvalue weighted by Crippen LogP contribution is 2.37. The third-order valence-electron chi connectivity index (χ3n) is 3.24. The van der Waals surface area contributed by atoms with Gasteiger partial charge in [-0.25, -0.2) is 5.43 Å². The first-order chi connectivity index (χ1) is 11.9. The lowest BCUT2D eigenvalue weighted by Gasteiger charge is -2.19. The summed E-state index contributed by atoms with van der Waals surface area (Å²) < 4.78 is 11.6. The summed E-state index contributed by atoms with van der Waals surface area (Å²) >= 11 is 10.1. The van der Waals surface area contributed by atoms with Gasteiger partial charge in [-0.15, -0.1) is 0 Å². The number of hydrazone groups is 1. The Hall–Kier alpha value is -1.32. The molecule has 0 radical (unpaired) electrons. The van der Waals surface area contributed by atoms with Crippen LogP contribution in [0.1, 0.15) is 6.42 Å². The van der Waals surface area contributed by atoms with E-state index in [0.717, 1.165) is 5.57 Å². The van der Waals surface area contributed by atoms with Crippen LogP contribution in [0.3, 0.4) is 0 Å². The molecule has 25 heavy (non-hydrogen) atoms. The predicted octanol–water partition coefficient (Wildman–Crippen LogP) is 4.16. The number of rotatable bonds is 6. The molecule has 1 atom stereocenters. The van der Waals surface area contributed by atoms with Crippen molar-refractivity contribution >= 4 is 59.9 Å². The summed E-state index contributed by atoms with van der Waals surface area (Å²) in [7, 11) is 1.58. The third-order valence-corrected chi connectivity index (χ3v) is 5.59. The zero-order valence-corrected chi connectivity index (χ0v) is 17.9. The Morgan fingerprint density at radius 2 is 2.00 bits per heavy atom. The molecule has 0 saturated heterocycles. The number of halogens is 3. The van der Waals surface area contributed by atoms with Crippen molar-refractivity contribution < 1.29 is 19.4 Å². The number of hydrogen-bond donors (Lipinski definition) is 2. The number of methoxy groups -OCH3 is 1. The highest BCUT2D eigenvalue weighted by Gasteiger charge is 2.24. The molecule has 1 aliphatic rings. The summed E-state index contributed by atoms with van der Waals surface area (Å²) in [5.41, 5.74) is 3.10. The molecule has 1 aliphatic carbocycles. The predicted molar refractivity (Wildman–Crippen MR) is 107 cm³/mol. The fraction of sp³-hybridized carbons (Fsp3) is 0.250. The van der Waals surface area contributed by atoms with E-state index in [1.54, 1.807) is 31.4 Å². The molecular formula is C16H15Br3N2O4. The highest BCUT2D eigenvalue weighted by atomic mass is 79.9. The van der Waals surface area contributed by atoms with Crippen molar-refractivity contribution in [2.75, 3.05) is 13.7 Å². The Balaban J connectivity index is 1.87. The SMILES string of the molecule is COc1ccc(OCC(=O)N/N=C/C2=C(Br)C(O)=C(Br)CC2Br)cc1. The van der Waals surface area contributed by atoms with E-state index in [-0.39, 0.29) is 17.2 Å². The van der Waals surface area contributed by atoms with Crippen LogP contribution in [0.15, 0.2) is 49.7 Å². The lowest BCUT2D eigenvalue weighted by Crippen LogP contribution is -2.25. The van der Waals surface area contributed by atoms with E-state index < -0.39 is 5.91 Å². The number of allylic oxidation sites excluding steroid dienone is 3.